The minimum atomic E-state index is -1.06. The number of aromatic carboxylic acids is 1. The lowest BCUT2D eigenvalue weighted by molar-refractivity contribution is 0.0696. The molecule has 0 saturated carbocycles. The zero-order valence-corrected chi connectivity index (χ0v) is 12.4. The van der Waals surface area contributed by atoms with Gasteiger partial charge in [-0.05, 0) is 52.3 Å². The Bertz CT molecular complexity index is 688. The Balaban J connectivity index is 2.27. The lowest BCUT2D eigenvalue weighted by Crippen LogP contribution is -2.12. The molecule has 0 aromatic heterocycles. The first-order chi connectivity index (χ1) is 9.47. The second-order valence-corrected chi connectivity index (χ2v) is 5.26. The summed E-state index contributed by atoms with van der Waals surface area (Å²) in [7, 11) is 0. The first-order valence-corrected chi connectivity index (χ1v) is 6.74. The predicted molar refractivity (Wildman–Crippen MR) is 80.5 cm³/mol. The SMILES string of the molecule is O=C(O)c1ccc(Br)c(NC(=O)c2cccc(Cl)c2)c1. The molecule has 0 aliphatic carbocycles. The maximum Gasteiger partial charge on any atom is 0.335 e. The van der Waals surface area contributed by atoms with E-state index < -0.39 is 5.97 Å². The van der Waals surface area contributed by atoms with Gasteiger partial charge in [0.1, 0.15) is 0 Å². The summed E-state index contributed by atoms with van der Waals surface area (Å²) in [5.41, 5.74) is 0.870. The van der Waals surface area contributed by atoms with E-state index in [1.165, 1.54) is 18.2 Å². The van der Waals surface area contributed by atoms with Crippen molar-refractivity contribution < 1.29 is 14.7 Å². The molecule has 0 unspecified atom stereocenters. The minimum absolute atomic E-state index is 0.0922. The van der Waals surface area contributed by atoms with Crippen LogP contribution in [-0.2, 0) is 0 Å². The number of hydrogen-bond acceptors (Lipinski definition) is 2. The first-order valence-electron chi connectivity index (χ1n) is 5.57. The van der Waals surface area contributed by atoms with Gasteiger partial charge in [0, 0.05) is 15.1 Å². The van der Waals surface area contributed by atoms with Crippen LogP contribution in [0.15, 0.2) is 46.9 Å². The summed E-state index contributed by atoms with van der Waals surface area (Å²) in [4.78, 5) is 23.0. The van der Waals surface area contributed by atoms with Crippen LogP contribution in [0.3, 0.4) is 0 Å². The molecule has 2 N–H and O–H groups in total. The smallest absolute Gasteiger partial charge is 0.335 e. The van der Waals surface area contributed by atoms with Gasteiger partial charge in [-0.1, -0.05) is 17.7 Å². The molecule has 0 aliphatic rings. The van der Waals surface area contributed by atoms with Crippen molar-refractivity contribution in [3.63, 3.8) is 0 Å². The van der Waals surface area contributed by atoms with Crippen molar-refractivity contribution in [2.75, 3.05) is 5.32 Å². The molecule has 0 spiro atoms. The maximum absolute atomic E-state index is 12.1. The normalized spacial score (nSPS) is 10.1. The van der Waals surface area contributed by atoms with Crippen LogP contribution in [0.2, 0.25) is 5.02 Å². The summed E-state index contributed by atoms with van der Waals surface area (Å²) in [6.07, 6.45) is 0. The second kappa shape index (κ2) is 6.07. The third-order valence-corrected chi connectivity index (χ3v) is 3.47. The molecule has 20 heavy (non-hydrogen) atoms. The number of carbonyl (C=O) groups is 2. The van der Waals surface area contributed by atoms with Crippen molar-refractivity contribution in [3.05, 3.63) is 63.1 Å². The molecule has 0 radical (unpaired) electrons. The van der Waals surface area contributed by atoms with Gasteiger partial charge in [0.2, 0.25) is 0 Å². The Kier molecular flexibility index (Phi) is 4.42. The van der Waals surface area contributed by atoms with Crippen LogP contribution >= 0.6 is 27.5 Å². The monoisotopic (exact) mass is 353 g/mol. The Morgan fingerprint density at radius 3 is 2.50 bits per heavy atom. The topological polar surface area (TPSA) is 66.4 Å². The van der Waals surface area contributed by atoms with Gasteiger partial charge >= 0.3 is 5.97 Å². The van der Waals surface area contributed by atoms with Crippen LogP contribution in [0.25, 0.3) is 0 Å². The highest BCUT2D eigenvalue weighted by Gasteiger charge is 2.11. The number of halogens is 2. The van der Waals surface area contributed by atoms with Crippen molar-refractivity contribution in [1.29, 1.82) is 0 Å². The van der Waals surface area contributed by atoms with Crippen molar-refractivity contribution in [1.82, 2.24) is 0 Å². The fourth-order valence-corrected chi connectivity index (χ4v) is 2.11. The lowest BCUT2D eigenvalue weighted by atomic mass is 10.1. The van der Waals surface area contributed by atoms with Gasteiger partial charge < -0.3 is 10.4 Å². The van der Waals surface area contributed by atoms with E-state index in [4.69, 9.17) is 16.7 Å². The minimum Gasteiger partial charge on any atom is -0.478 e. The number of nitrogens with one attached hydrogen (secondary N) is 1. The second-order valence-electron chi connectivity index (χ2n) is 3.96. The van der Waals surface area contributed by atoms with E-state index in [0.717, 1.165) is 0 Å². The number of carboxylic acids is 1. The van der Waals surface area contributed by atoms with E-state index in [9.17, 15) is 9.59 Å². The lowest BCUT2D eigenvalue weighted by Gasteiger charge is -2.08. The zero-order valence-electron chi connectivity index (χ0n) is 10.1. The fraction of sp³-hybridized carbons (Fsp3) is 0. The summed E-state index contributed by atoms with van der Waals surface area (Å²) >= 11 is 9.08. The third-order valence-electron chi connectivity index (χ3n) is 2.55. The van der Waals surface area contributed by atoms with E-state index in [2.05, 4.69) is 21.2 Å². The molecule has 2 aromatic rings. The quantitative estimate of drug-likeness (QED) is 0.874. The molecule has 2 rings (SSSR count). The van der Waals surface area contributed by atoms with Crippen LogP contribution < -0.4 is 5.32 Å². The summed E-state index contributed by atoms with van der Waals surface area (Å²) in [6, 6.07) is 10.9. The summed E-state index contributed by atoms with van der Waals surface area (Å²) in [6.45, 7) is 0. The fourth-order valence-electron chi connectivity index (χ4n) is 1.58. The Morgan fingerprint density at radius 2 is 1.85 bits per heavy atom. The summed E-state index contributed by atoms with van der Waals surface area (Å²) < 4.78 is 0.595. The molecule has 0 heterocycles. The standard InChI is InChI=1S/C14H9BrClNO3/c15-11-5-4-9(14(19)20)7-12(11)17-13(18)8-2-1-3-10(16)6-8/h1-7H,(H,17,18)(H,19,20). The van der Waals surface area contributed by atoms with Gasteiger partial charge in [-0.2, -0.15) is 0 Å². The third kappa shape index (κ3) is 3.37. The van der Waals surface area contributed by atoms with Gasteiger partial charge in [0.05, 0.1) is 11.3 Å². The van der Waals surface area contributed by atoms with Gasteiger partial charge in [-0.15, -0.1) is 0 Å². The van der Waals surface area contributed by atoms with E-state index in [-0.39, 0.29) is 11.5 Å². The maximum atomic E-state index is 12.1. The molecule has 4 nitrogen and oxygen atoms in total. The van der Waals surface area contributed by atoms with Crippen molar-refractivity contribution in [2.45, 2.75) is 0 Å². The molecule has 6 heteroatoms. The molecule has 2 aromatic carbocycles. The van der Waals surface area contributed by atoms with E-state index >= 15 is 0 Å². The molecule has 0 bridgehead atoms. The van der Waals surface area contributed by atoms with E-state index in [0.29, 0.717) is 20.7 Å². The number of carbonyl (C=O) groups excluding carboxylic acids is 1. The van der Waals surface area contributed by atoms with Crippen molar-refractivity contribution >= 4 is 45.1 Å². The number of carboxylic acid groups (broad SMARTS) is 1. The number of benzene rings is 2. The Hall–Kier alpha value is -1.85. The average Bonchev–Trinajstić information content (AvgIpc) is 2.41. The highest BCUT2D eigenvalue weighted by Crippen LogP contribution is 2.24. The Morgan fingerprint density at radius 1 is 1.10 bits per heavy atom. The first kappa shape index (κ1) is 14.6. The number of hydrogen-bond donors (Lipinski definition) is 2. The average molecular weight is 355 g/mol. The highest BCUT2D eigenvalue weighted by molar-refractivity contribution is 9.10. The summed E-state index contributed by atoms with van der Waals surface area (Å²) in [5.74, 6) is -1.42. The predicted octanol–water partition coefficient (Wildman–Crippen LogP) is 4.05. The molecule has 102 valence electrons. The number of rotatable bonds is 3. The molecule has 0 fully saturated rings. The van der Waals surface area contributed by atoms with Crippen molar-refractivity contribution in [3.8, 4) is 0 Å². The highest BCUT2D eigenvalue weighted by atomic mass is 79.9. The zero-order chi connectivity index (χ0) is 14.7. The van der Waals surface area contributed by atoms with Crippen LogP contribution in [0, 0.1) is 0 Å². The summed E-state index contributed by atoms with van der Waals surface area (Å²) in [5, 5.41) is 12.0. The van der Waals surface area contributed by atoms with Gasteiger partial charge in [0.25, 0.3) is 5.91 Å². The molecule has 1 amide bonds. The Labute approximate surface area is 128 Å². The van der Waals surface area contributed by atoms with Crippen LogP contribution in [0.4, 0.5) is 5.69 Å². The molecule has 0 saturated heterocycles. The van der Waals surface area contributed by atoms with Crippen LogP contribution in [0.5, 0.6) is 0 Å². The number of amides is 1. The molecule has 0 atom stereocenters. The van der Waals surface area contributed by atoms with Crippen LogP contribution in [-0.4, -0.2) is 17.0 Å². The van der Waals surface area contributed by atoms with Gasteiger partial charge in [0.15, 0.2) is 0 Å². The molecule has 0 aliphatic heterocycles. The largest absolute Gasteiger partial charge is 0.478 e. The van der Waals surface area contributed by atoms with E-state index in [1.807, 2.05) is 0 Å². The molecular formula is C14H9BrClNO3. The van der Waals surface area contributed by atoms with E-state index in [1.54, 1.807) is 24.3 Å². The number of anilines is 1. The van der Waals surface area contributed by atoms with Crippen molar-refractivity contribution in [2.24, 2.45) is 0 Å². The molecular weight excluding hydrogens is 346 g/mol. The van der Waals surface area contributed by atoms with Gasteiger partial charge in [-0.3, -0.25) is 4.79 Å². The van der Waals surface area contributed by atoms with Gasteiger partial charge in [-0.25, -0.2) is 4.79 Å². The van der Waals surface area contributed by atoms with Crippen LogP contribution in [0.1, 0.15) is 20.7 Å².